The molecule has 0 bridgehead atoms. The van der Waals surface area contributed by atoms with Crippen LogP contribution in [0.4, 0.5) is 0 Å². The predicted octanol–water partition coefficient (Wildman–Crippen LogP) is 2.93. The summed E-state index contributed by atoms with van der Waals surface area (Å²) in [7, 11) is 2.91. The number of methoxy groups -OCH3 is 2. The summed E-state index contributed by atoms with van der Waals surface area (Å²) in [4.78, 5) is 24.2. The molecular formula is C19H20O5. The minimum absolute atomic E-state index is 0.402. The number of aryl methyl sites for hydroxylation is 1. The van der Waals surface area contributed by atoms with E-state index in [0.717, 1.165) is 27.6 Å². The second-order valence-corrected chi connectivity index (χ2v) is 6.30. The van der Waals surface area contributed by atoms with Crippen molar-refractivity contribution < 1.29 is 24.2 Å². The molecule has 2 aromatic carbocycles. The zero-order valence-corrected chi connectivity index (χ0v) is 14.0. The molecule has 1 aliphatic carbocycles. The second-order valence-electron chi connectivity index (χ2n) is 6.30. The van der Waals surface area contributed by atoms with Crippen LogP contribution in [-0.4, -0.2) is 31.3 Å². The van der Waals surface area contributed by atoms with Gasteiger partial charge in [0.2, 0.25) is 0 Å². The van der Waals surface area contributed by atoms with E-state index in [0.29, 0.717) is 12.8 Å². The van der Waals surface area contributed by atoms with E-state index in [1.807, 2.05) is 30.3 Å². The van der Waals surface area contributed by atoms with Crippen LogP contribution < -0.4 is 4.74 Å². The standard InChI is InChI=1S/C19H20O5/c1-19(18(22)24-3)15-8-4-11-10-12(23-2)5-6-13(11)14(15)7-9-16(19)17(20)21/h4-6,8,10,16H,7,9H2,1-3H3,(H,20,21)/t16-,19+/m1/s1. The first-order valence-electron chi connectivity index (χ1n) is 7.84. The number of esters is 1. The molecule has 126 valence electrons. The average Bonchev–Trinajstić information content (AvgIpc) is 2.59. The van der Waals surface area contributed by atoms with Crippen molar-refractivity contribution in [2.75, 3.05) is 14.2 Å². The number of carboxylic acids is 1. The lowest BCUT2D eigenvalue weighted by molar-refractivity contribution is -0.158. The molecule has 1 N–H and O–H groups in total. The van der Waals surface area contributed by atoms with Crippen LogP contribution in [0.2, 0.25) is 0 Å². The zero-order chi connectivity index (χ0) is 17.5. The van der Waals surface area contributed by atoms with Crippen molar-refractivity contribution in [2.45, 2.75) is 25.2 Å². The molecule has 5 nitrogen and oxygen atoms in total. The zero-order valence-electron chi connectivity index (χ0n) is 14.0. The van der Waals surface area contributed by atoms with Crippen molar-refractivity contribution in [3.8, 4) is 5.75 Å². The molecule has 0 unspecified atom stereocenters. The second kappa shape index (κ2) is 5.82. The van der Waals surface area contributed by atoms with Crippen LogP contribution >= 0.6 is 0 Å². The first-order chi connectivity index (χ1) is 11.4. The number of carbonyl (C=O) groups excluding carboxylic acids is 1. The Morgan fingerprint density at radius 3 is 2.58 bits per heavy atom. The molecule has 5 heteroatoms. The van der Waals surface area contributed by atoms with Crippen LogP contribution in [0.1, 0.15) is 24.5 Å². The predicted molar refractivity (Wildman–Crippen MR) is 89.3 cm³/mol. The van der Waals surface area contributed by atoms with E-state index in [1.54, 1.807) is 14.0 Å². The Balaban J connectivity index is 2.26. The number of rotatable bonds is 3. The molecule has 24 heavy (non-hydrogen) atoms. The summed E-state index contributed by atoms with van der Waals surface area (Å²) in [5.74, 6) is -1.52. The average molecular weight is 328 g/mol. The quantitative estimate of drug-likeness (QED) is 0.877. The summed E-state index contributed by atoms with van der Waals surface area (Å²) >= 11 is 0. The lowest BCUT2D eigenvalue weighted by Gasteiger charge is -2.38. The van der Waals surface area contributed by atoms with Crippen LogP contribution in [0.5, 0.6) is 5.75 Å². The Hall–Kier alpha value is -2.56. The van der Waals surface area contributed by atoms with E-state index in [4.69, 9.17) is 9.47 Å². The highest BCUT2D eigenvalue weighted by atomic mass is 16.5. The van der Waals surface area contributed by atoms with Crippen LogP contribution in [-0.2, 0) is 26.2 Å². The summed E-state index contributed by atoms with van der Waals surface area (Å²) in [6, 6.07) is 9.53. The molecule has 0 amide bonds. The number of ether oxygens (including phenoxy) is 2. The Morgan fingerprint density at radius 1 is 1.21 bits per heavy atom. The topological polar surface area (TPSA) is 72.8 Å². The lowest BCUT2D eigenvalue weighted by atomic mass is 9.63. The highest BCUT2D eigenvalue weighted by molar-refractivity contribution is 5.95. The Morgan fingerprint density at radius 2 is 1.96 bits per heavy atom. The molecule has 3 rings (SSSR count). The summed E-state index contributed by atoms with van der Waals surface area (Å²) in [5, 5.41) is 11.6. The first kappa shape index (κ1) is 16.3. The van der Waals surface area contributed by atoms with Crippen LogP contribution in [0.15, 0.2) is 30.3 Å². The number of carbonyl (C=O) groups is 2. The van der Waals surface area contributed by atoms with E-state index < -0.39 is 23.3 Å². The summed E-state index contributed by atoms with van der Waals surface area (Å²) in [6.07, 6.45) is 1.02. The van der Waals surface area contributed by atoms with E-state index in [9.17, 15) is 14.7 Å². The van der Waals surface area contributed by atoms with Crippen molar-refractivity contribution >= 4 is 22.7 Å². The molecule has 0 fully saturated rings. The highest BCUT2D eigenvalue weighted by Gasteiger charge is 2.51. The molecule has 0 aromatic heterocycles. The highest BCUT2D eigenvalue weighted by Crippen LogP contribution is 2.45. The number of fused-ring (bicyclic) bond motifs is 3. The summed E-state index contributed by atoms with van der Waals surface area (Å²) in [5.41, 5.74) is 0.564. The number of hydrogen-bond acceptors (Lipinski definition) is 4. The van der Waals surface area contributed by atoms with Gasteiger partial charge >= 0.3 is 11.9 Å². The molecule has 2 atom stereocenters. The van der Waals surface area contributed by atoms with Gasteiger partial charge in [0.1, 0.15) is 11.2 Å². The maximum atomic E-state index is 12.5. The smallest absolute Gasteiger partial charge is 0.316 e. The van der Waals surface area contributed by atoms with E-state index in [-0.39, 0.29) is 0 Å². The van der Waals surface area contributed by atoms with Gasteiger partial charge in [0.25, 0.3) is 0 Å². The molecular weight excluding hydrogens is 308 g/mol. The number of carboxylic acid groups (broad SMARTS) is 1. The van der Waals surface area contributed by atoms with Gasteiger partial charge in [-0.25, -0.2) is 0 Å². The van der Waals surface area contributed by atoms with Crippen molar-refractivity contribution in [1.29, 1.82) is 0 Å². The molecule has 0 aliphatic heterocycles. The Kier molecular flexibility index (Phi) is 3.95. The van der Waals surface area contributed by atoms with Crippen molar-refractivity contribution in [3.63, 3.8) is 0 Å². The molecule has 0 radical (unpaired) electrons. The van der Waals surface area contributed by atoms with Crippen molar-refractivity contribution in [1.82, 2.24) is 0 Å². The monoisotopic (exact) mass is 328 g/mol. The molecule has 0 saturated carbocycles. The fourth-order valence-corrected chi connectivity index (χ4v) is 3.85. The number of hydrogen-bond donors (Lipinski definition) is 1. The maximum Gasteiger partial charge on any atom is 0.316 e. The fourth-order valence-electron chi connectivity index (χ4n) is 3.85. The van der Waals surface area contributed by atoms with Crippen LogP contribution in [0, 0.1) is 5.92 Å². The van der Waals surface area contributed by atoms with Gasteiger partial charge in [-0.2, -0.15) is 0 Å². The van der Waals surface area contributed by atoms with Gasteiger partial charge in [-0.1, -0.05) is 18.2 Å². The SMILES string of the molecule is COC(=O)[C@@]1(C)c2ccc3cc(OC)ccc3c2CC[C@@H]1C(=O)O. The van der Waals surface area contributed by atoms with Crippen LogP contribution in [0.3, 0.4) is 0 Å². The summed E-state index contributed by atoms with van der Waals surface area (Å²) < 4.78 is 10.2. The van der Waals surface area contributed by atoms with Gasteiger partial charge in [0, 0.05) is 0 Å². The van der Waals surface area contributed by atoms with Crippen LogP contribution in [0.25, 0.3) is 10.8 Å². The molecule has 0 saturated heterocycles. The molecule has 0 heterocycles. The normalized spacial score (nSPS) is 22.7. The summed E-state index contributed by atoms with van der Waals surface area (Å²) in [6.45, 7) is 1.67. The first-order valence-corrected chi connectivity index (χ1v) is 7.84. The molecule has 2 aromatic rings. The molecule has 0 spiro atoms. The van der Waals surface area contributed by atoms with Gasteiger partial charge in [0.05, 0.1) is 20.1 Å². The van der Waals surface area contributed by atoms with Crippen molar-refractivity contribution in [3.05, 3.63) is 41.5 Å². The molecule has 1 aliphatic rings. The fraction of sp³-hybridized carbons (Fsp3) is 0.368. The lowest BCUT2D eigenvalue weighted by Crippen LogP contribution is -2.48. The third-order valence-electron chi connectivity index (χ3n) is 5.19. The van der Waals surface area contributed by atoms with Gasteiger partial charge < -0.3 is 14.6 Å². The number of benzene rings is 2. The van der Waals surface area contributed by atoms with Gasteiger partial charge in [-0.05, 0) is 53.8 Å². The maximum absolute atomic E-state index is 12.5. The minimum atomic E-state index is -1.19. The largest absolute Gasteiger partial charge is 0.497 e. The third kappa shape index (κ3) is 2.23. The van der Waals surface area contributed by atoms with Gasteiger partial charge in [-0.3, -0.25) is 9.59 Å². The van der Waals surface area contributed by atoms with E-state index in [1.165, 1.54) is 7.11 Å². The van der Waals surface area contributed by atoms with Crippen molar-refractivity contribution in [2.24, 2.45) is 5.92 Å². The van der Waals surface area contributed by atoms with Gasteiger partial charge in [-0.15, -0.1) is 0 Å². The Labute approximate surface area is 140 Å². The van der Waals surface area contributed by atoms with Gasteiger partial charge in [0.15, 0.2) is 0 Å². The minimum Gasteiger partial charge on any atom is -0.497 e. The van der Waals surface area contributed by atoms with E-state index in [2.05, 4.69) is 0 Å². The number of aliphatic carboxylic acids is 1. The van der Waals surface area contributed by atoms with E-state index >= 15 is 0 Å². The Bertz CT molecular complexity index is 826. The third-order valence-corrected chi connectivity index (χ3v) is 5.19.